The average Bonchev–Trinajstić information content (AvgIpc) is 3.59. The summed E-state index contributed by atoms with van der Waals surface area (Å²) >= 11 is 17.9. The zero-order valence-electron chi connectivity index (χ0n) is 16.2. The van der Waals surface area contributed by atoms with Gasteiger partial charge in [-0.15, -0.1) is 0 Å². The lowest BCUT2D eigenvalue weighted by atomic mass is 10.1. The van der Waals surface area contributed by atoms with E-state index in [0.29, 0.717) is 16.7 Å². The number of hydrogen-bond donors (Lipinski definition) is 1. The molecule has 160 valence electrons. The molecular weight excluding hydrogens is 462 g/mol. The number of nitrogens with one attached hydrogen (secondary N) is 1. The molecule has 0 spiro atoms. The van der Waals surface area contributed by atoms with Gasteiger partial charge in [-0.2, -0.15) is 0 Å². The standard InChI is InChI=1S/C23H18Cl3FN2O2/c24-15-6-7-17(19(25)9-15)20(27)11-29-23(30)18-10-22(26)28-12-21(18)31-16-3-1-2-14(8-16)13-4-5-13/h1-3,6-10,12-13,20H,4-5,11H2,(H,29,30). The Morgan fingerprint density at radius 2 is 1.97 bits per heavy atom. The minimum atomic E-state index is -1.51. The van der Waals surface area contributed by atoms with Crippen LogP contribution in [0.25, 0.3) is 0 Å². The number of amides is 1. The lowest BCUT2D eigenvalue weighted by Gasteiger charge is -2.14. The number of pyridine rings is 1. The van der Waals surface area contributed by atoms with Gasteiger partial charge >= 0.3 is 0 Å². The minimum Gasteiger partial charge on any atom is -0.455 e. The summed E-state index contributed by atoms with van der Waals surface area (Å²) in [5, 5.41) is 3.29. The smallest absolute Gasteiger partial charge is 0.255 e. The number of benzene rings is 2. The lowest BCUT2D eigenvalue weighted by Crippen LogP contribution is -2.27. The Balaban J connectivity index is 1.48. The van der Waals surface area contributed by atoms with Crippen LogP contribution in [0, 0.1) is 0 Å². The first-order valence-electron chi connectivity index (χ1n) is 9.71. The molecule has 31 heavy (non-hydrogen) atoms. The molecule has 1 amide bonds. The first-order chi connectivity index (χ1) is 14.9. The van der Waals surface area contributed by atoms with E-state index in [9.17, 15) is 9.18 Å². The van der Waals surface area contributed by atoms with Gasteiger partial charge in [0.25, 0.3) is 5.91 Å². The van der Waals surface area contributed by atoms with E-state index in [2.05, 4.69) is 16.4 Å². The average molecular weight is 480 g/mol. The fourth-order valence-corrected chi connectivity index (χ4v) is 3.88. The fourth-order valence-electron chi connectivity index (χ4n) is 3.19. The van der Waals surface area contributed by atoms with E-state index in [-0.39, 0.29) is 33.6 Å². The van der Waals surface area contributed by atoms with Crippen molar-refractivity contribution in [3.63, 3.8) is 0 Å². The molecule has 1 aromatic heterocycles. The second kappa shape index (κ2) is 9.43. The van der Waals surface area contributed by atoms with E-state index in [1.54, 1.807) is 6.07 Å². The van der Waals surface area contributed by atoms with Crippen LogP contribution in [0.5, 0.6) is 11.5 Å². The van der Waals surface area contributed by atoms with E-state index in [4.69, 9.17) is 39.5 Å². The molecule has 1 atom stereocenters. The molecule has 1 aliphatic carbocycles. The first kappa shape index (κ1) is 21.9. The van der Waals surface area contributed by atoms with Crippen molar-refractivity contribution in [1.82, 2.24) is 10.3 Å². The molecule has 0 bridgehead atoms. The summed E-state index contributed by atoms with van der Waals surface area (Å²) in [6, 6.07) is 13.6. The normalized spacial score (nSPS) is 14.2. The number of aromatic nitrogens is 1. The second-order valence-electron chi connectivity index (χ2n) is 7.30. The number of carbonyl (C=O) groups excluding carboxylic acids is 1. The SMILES string of the molecule is O=C(NCC(F)c1ccc(Cl)cc1Cl)c1cc(Cl)ncc1Oc1cccc(C2CC2)c1. The van der Waals surface area contributed by atoms with Gasteiger partial charge in [0.2, 0.25) is 0 Å². The van der Waals surface area contributed by atoms with Gasteiger partial charge in [-0.25, -0.2) is 9.37 Å². The van der Waals surface area contributed by atoms with Gasteiger partial charge in [0, 0.05) is 15.6 Å². The summed E-state index contributed by atoms with van der Waals surface area (Å²) in [4.78, 5) is 16.8. The maximum atomic E-state index is 14.6. The molecule has 8 heteroatoms. The molecule has 4 rings (SSSR count). The Bertz CT molecular complexity index is 1120. The molecule has 0 aliphatic heterocycles. The monoisotopic (exact) mass is 478 g/mol. The summed E-state index contributed by atoms with van der Waals surface area (Å²) in [5.41, 5.74) is 1.60. The van der Waals surface area contributed by atoms with Gasteiger partial charge < -0.3 is 10.1 Å². The van der Waals surface area contributed by atoms with Crippen molar-refractivity contribution in [2.45, 2.75) is 24.9 Å². The maximum absolute atomic E-state index is 14.6. The maximum Gasteiger partial charge on any atom is 0.255 e. The van der Waals surface area contributed by atoms with Gasteiger partial charge in [-0.3, -0.25) is 4.79 Å². The van der Waals surface area contributed by atoms with Crippen LogP contribution in [0.1, 0.15) is 46.4 Å². The van der Waals surface area contributed by atoms with Crippen LogP contribution in [0.4, 0.5) is 4.39 Å². The highest BCUT2D eigenvalue weighted by molar-refractivity contribution is 6.35. The number of carbonyl (C=O) groups is 1. The third-order valence-electron chi connectivity index (χ3n) is 4.96. The molecule has 4 nitrogen and oxygen atoms in total. The van der Waals surface area contributed by atoms with E-state index >= 15 is 0 Å². The van der Waals surface area contributed by atoms with Crippen molar-refractivity contribution >= 4 is 40.7 Å². The van der Waals surface area contributed by atoms with Crippen molar-refractivity contribution in [2.75, 3.05) is 6.54 Å². The third-order valence-corrected chi connectivity index (χ3v) is 5.72. The summed E-state index contributed by atoms with van der Waals surface area (Å²) in [7, 11) is 0. The highest BCUT2D eigenvalue weighted by Gasteiger charge is 2.24. The Labute approximate surface area is 194 Å². The molecule has 1 aliphatic rings. The number of alkyl halides is 1. The molecule has 1 fully saturated rings. The molecule has 0 saturated heterocycles. The molecular formula is C23H18Cl3FN2O2. The zero-order valence-corrected chi connectivity index (χ0v) is 18.5. The van der Waals surface area contributed by atoms with Crippen molar-refractivity contribution in [3.05, 3.63) is 86.6 Å². The van der Waals surface area contributed by atoms with Gasteiger partial charge in [0.15, 0.2) is 5.75 Å². The van der Waals surface area contributed by atoms with Gasteiger partial charge in [0.05, 0.1) is 18.3 Å². The number of hydrogen-bond acceptors (Lipinski definition) is 3. The largest absolute Gasteiger partial charge is 0.455 e. The van der Waals surface area contributed by atoms with Crippen molar-refractivity contribution in [2.24, 2.45) is 0 Å². The molecule has 3 aromatic rings. The van der Waals surface area contributed by atoms with E-state index in [1.807, 2.05) is 18.2 Å². The molecule has 2 aromatic carbocycles. The van der Waals surface area contributed by atoms with Crippen molar-refractivity contribution < 1.29 is 13.9 Å². The summed E-state index contributed by atoms with van der Waals surface area (Å²) in [5.74, 6) is 0.856. The second-order valence-corrected chi connectivity index (χ2v) is 8.53. The number of halogens is 4. The summed E-state index contributed by atoms with van der Waals surface area (Å²) < 4.78 is 20.6. The third kappa shape index (κ3) is 5.48. The Morgan fingerprint density at radius 1 is 1.16 bits per heavy atom. The van der Waals surface area contributed by atoms with Crippen LogP contribution >= 0.6 is 34.8 Å². The minimum absolute atomic E-state index is 0.127. The van der Waals surface area contributed by atoms with Gasteiger partial charge in [-0.1, -0.05) is 53.0 Å². The predicted molar refractivity (Wildman–Crippen MR) is 120 cm³/mol. The van der Waals surface area contributed by atoms with Crippen LogP contribution < -0.4 is 10.1 Å². The summed E-state index contributed by atoms with van der Waals surface area (Å²) in [6.07, 6.45) is 2.21. The van der Waals surface area contributed by atoms with Crippen molar-refractivity contribution in [3.8, 4) is 11.5 Å². The highest BCUT2D eigenvalue weighted by Crippen LogP contribution is 2.41. The Hall–Kier alpha value is -2.34. The van der Waals surface area contributed by atoms with Crippen molar-refractivity contribution in [1.29, 1.82) is 0 Å². The van der Waals surface area contributed by atoms with E-state index in [0.717, 1.165) is 0 Å². The van der Waals surface area contributed by atoms with E-state index < -0.39 is 12.1 Å². The molecule has 1 heterocycles. The highest BCUT2D eigenvalue weighted by atomic mass is 35.5. The zero-order chi connectivity index (χ0) is 22.0. The van der Waals surface area contributed by atoms with Crippen LogP contribution in [-0.4, -0.2) is 17.4 Å². The van der Waals surface area contributed by atoms with Crippen LogP contribution in [0.3, 0.4) is 0 Å². The van der Waals surface area contributed by atoms with E-state index in [1.165, 1.54) is 42.8 Å². The number of rotatable bonds is 7. The lowest BCUT2D eigenvalue weighted by molar-refractivity contribution is 0.0939. The quantitative estimate of drug-likeness (QED) is 0.366. The van der Waals surface area contributed by atoms with Crippen LogP contribution in [0.2, 0.25) is 15.2 Å². The molecule has 1 saturated carbocycles. The Morgan fingerprint density at radius 3 is 2.71 bits per heavy atom. The van der Waals surface area contributed by atoms with Crippen LogP contribution in [0.15, 0.2) is 54.7 Å². The predicted octanol–water partition coefficient (Wildman–Crippen LogP) is 7.15. The molecule has 0 radical (unpaired) electrons. The number of nitrogens with zero attached hydrogens (tertiary/aromatic N) is 1. The van der Waals surface area contributed by atoms with Crippen LogP contribution in [-0.2, 0) is 0 Å². The molecule has 1 unspecified atom stereocenters. The topological polar surface area (TPSA) is 51.2 Å². The molecule has 1 N–H and O–H groups in total. The number of ether oxygens (including phenoxy) is 1. The van der Waals surface area contributed by atoms with Gasteiger partial charge in [-0.05, 0) is 54.7 Å². The first-order valence-corrected chi connectivity index (χ1v) is 10.8. The van der Waals surface area contributed by atoms with Gasteiger partial charge in [0.1, 0.15) is 17.1 Å². The summed E-state index contributed by atoms with van der Waals surface area (Å²) in [6.45, 7) is -0.281. The fraction of sp³-hybridized carbons (Fsp3) is 0.217. The Kier molecular flexibility index (Phi) is 6.65.